The van der Waals surface area contributed by atoms with Gasteiger partial charge in [0.2, 0.25) is 0 Å². The van der Waals surface area contributed by atoms with Gasteiger partial charge in [0.05, 0.1) is 11.4 Å². The molecule has 0 spiro atoms. The van der Waals surface area contributed by atoms with Crippen LogP contribution in [0.1, 0.15) is 29.5 Å². The molecule has 0 aliphatic heterocycles. The monoisotopic (exact) mass is 482 g/mol. The summed E-state index contributed by atoms with van der Waals surface area (Å²) in [7, 11) is -3.35. The Kier molecular flexibility index (Phi) is 7.95. The van der Waals surface area contributed by atoms with Crippen molar-refractivity contribution in [3.8, 4) is 11.3 Å². The molecule has 0 bridgehead atoms. The lowest BCUT2D eigenvalue weighted by molar-refractivity contribution is -0.139. The molecule has 1 amide bonds. The zero-order chi connectivity index (χ0) is 24.7. The Labute approximate surface area is 198 Å². The van der Waals surface area contributed by atoms with Gasteiger partial charge in [0.1, 0.15) is 27.5 Å². The average molecular weight is 483 g/mol. The van der Waals surface area contributed by atoms with Crippen LogP contribution in [0.15, 0.2) is 60.7 Å². The zero-order valence-electron chi connectivity index (χ0n) is 18.9. The number of aryl methyl sites for hydroxylation is 1. The maximum atomic E-state index is 12.7. The van der Waals surface area contributed by atoms with Crippen molar-refractivity contribution in [3.63, 3.8) is 0 Å². The fraction of sp³-hybridized carbons (Fsp3) is 0.250. The van der Waals surface area contributed by atoms with Crippen LogP contribution in [-0.2, 0) is 14.6 Å². The van der Waals surface area contributed by atoms with Gasteiger partial charge in [-0.15, -0.1) is 0 Å². The maximum absolute atomic E-state index is 12.7. The minimum Gasteiger partial charge on any atom is -0.480 e. The topological polar surface area (TPSA) is 138 Å². The van der Waals surface area contributed by atoms with Gasteiger partial charge < -0.3 is 15.7 Å². The number of benzene rings is 2. The van der Waals surface area contributed by atoms with Gasteiger partial charge in [0.25, 0.3) is 5.91 Å². The van der Waals surface area contributed by atoms with E-state index in [2.05, 4.69) is 20.6 Å². The molecule has 2 aromatic carbocycles. The Morgan fingerprint density at radius 1 is 1.03 bits per heavy atom. The molecule has 0 fully saturated rings. The highest BCUT2D eigenvalue weighted by molar-refractivity contribution is 7.91. The zero-order valence-corrected chi connectivity index (χ0v) is 19.7. The third kappa shape index (κ3) is 6.85. The number of aliphatic carboxylic acids is 1. The third-order valence-corrected chi connectivity index (χ3v) is 6.80. The van der Waals surface area contributed by atoms with Crippen LogP contribution in [0.25, 0.3) is 11.3 Å². The van der Waals surface area contributed by atoms with Gasteiger partial charge in [-0.3, -0.25) is 4.79 Å². The summed E-state index contributed by atoms with van der Waals surface area (Å²) < 4.78 is 23.4. The minimum absolute atomic E-state index is 0.0878. The normalized spacial score (nSPS) is 12.1. The van der Waals surface area contributed by atoms with Gasteiger partial charge in [0.15, 0.2) is 0 Å². The average Bonchev–Trinajstić information content (AvgIpc) is 2.81. The van der Waals surface area contributed by atoms with Crippen molar-refractivity contribution in [1.82, 2.24) is 15.3 Å². The first-order chi connectivity index (χ1) is 16.2. The molecule has 0 saturated carbocycles. The number of carbonyl (C=O) groups is 2. The second kappa shape index (κ2) is 10.9. The number of carboxylic acid groups (broad SMARTS) is 1. The van der Waals surface area contributed by atoms with Gasteiger partial charge in [-0.2, -0.15) is 0 Å². The van der Waals surface area contributed by atoms with Crippen molar-refractivity contribution in [2.45, 2.75) is 26.3 Å². The van der Waals surface area contributed by atoms with E-state index in [4.69, 9.17) is 0 Å². The van der Waals surface area contributed by atoms with Gasteiger partial charge in [-0.25, -0.2) is 23.2 Å². The molecule has 1 unspecified atom stereocenters. The van der Waals surface area contributed by atoms with Crippen LogP contribution in [0.5, 0.6) is 0 Å². The fourth-order valence-electron chi connectivity index (χ4n) is 3.22. The Balaban J connectivity index is 1.75. The van der Waals surface area contributed by atoms with Gasteiger partial charge in [-0.1, -0.05) is 43.3 Å². The molecule has 9 nitrogen and oxygen atoms in total. The summed E-state index contributed by atoms with van der Waals surface area (Å²) in [5.41, 5.74) is 2.48. The second-order valence-corrected chi connectivity index (χ2v) is 10.1. The number of carbonyl (C=O) groups excluding carboxylic acids is 1. The van der Waals surface area contributed by atoms with E-state index in [0.29, 0.717) is 17.3 Å². The number of hydrogen-bond donors (Lipinski definition) is 3. The quantitative estimate of drug-likeness (QED) is 0.400. The molecular weight excluding hydrogens is 456 g/mol. The number of nitrogens with zero attached hydrogens (tertiary/aromatic N) is 2. The van der Waals surface area contributed by atoms with Crippen LogP contribution >= 0.6 is 0 Å². The number of anilines is 2. The van der Waals surface area contributed by atoms with Crippen molar-refractivity contribution in [3.05, 3.63) is 72.1 Å². The summed E-state index contributed by atoms with van der Waals surface area (Å²) in [6.45, 7) is 3.27. The summed E-state index contributed by atoms with van der Waals surface area (Å²) in [6, 6.07) is 16.6. The first-order valence-electron chi connectivity index (χ1n) is 10.7. The Bertz CT molecular complexity index is 1280. The molecule has 3 rings (SSSR count). The van der Waals surface area contributed by atoms with Gasteiger partial charge in [0, 0.05) is 28.6 Å². The highest BCUT2D eigenvalue weighted by Gasteiger charge is 2.23. The first-order valence-corrected chi connectivity index (χ1v) is 12.5. The molecule has 1 atom stereocenters. The highest BCUT2D eigenvalue weighted by Crippen LogP contribution is 2.22. The summed E-state index contributed by atoms with van der Waals surface area (Å²) in [6.07, 6.45) is -0.211. The third-order valence-electron chi connectivity index (χ3n) is 5.07. The SMILES string of the molecule is CCS(=O)(=O)CCC(NC(=O)c1cccc(Nc2cc(-c3ccccc3)nc(C)n2)c1)C(=O)O. The van der Waals surface area contributed by atoms with Crippen LogP contribution in [0.2, 0.25) is 0 Å². The summed E-state index contributed by atoms with van der Waals surface area (Å²) in [4.78, 5) is 33.1. The number of rotatable bonds is 10. The molecular formula is C24H26N4O5S. The summed E-state index contributed by atoms with van der Waals surface area (Å²) in [5.74, 6) is -1.21. The van der Waals surface area contributed by atoms with E-state index < -0.39 is 27.8 Å². The second-order valence-electron chi connectivity index (χ2n) is 7.65. The molecule has 10 heteroatoms. The van der Waals surface area contributed by atoms with E-state index in [1.807, 2.05) is 30.3 Å². The number of nitrogens with one attached hydrogen (secondary N) is 2. The van der Waals surface area contributed by atoms with Crippen molar-refractivity contribution in [2.24, 2.45) is 0 Å². The maximum Gasteiger partial charge on any atom is 0.326 e. The molecule has 0 aliphatic carbocycles. The van der Waals surface area contributed by atoms with Crippen LogP contribution in [-0.4, -0.2) is 52.9 Å². The van der Waals surface area contributed by atoms with Crippen molar-refractivity contribution in [2.75, 3.05) is 16.8 Å². The lowest BCUT2D eigenvalue weighted by Gasteiger charge is -2.15. The van der Waals surface area contributed by atoms with Crippen molar-refractivity contribution in [1.29, 1.82) is 0 Å². The Morgan fingerprint density at radius 3 is 2.44 bits per heavy atom. The van der Waals surface area contributed by atoms with E-state index in [9.17, 15) is 23.1 Å². The summed E-state index contributed by atoms with van der Waals surface area (Å²) >= 11 is 0. The standard InChI is InChI=1S/C24H26N4O5S/c1-3-34(32,33)13-12-20(24(30)31)28-23(29)18-10-7-11-19(14-18)27-22-15-21(25-16(2)26-22)17-8-5-4-6-9-17/h4-11,14-15,20H,3,12-13H2,1-2H3,(H,28,29)(H,30,31)(H,25,26,27). The molecule has 0 saturated heterocycles. The largest absolute Gasteiger partial charge is 0.480 e. The molecule has 3 aromatic rings. The number of sulfone groups is 1. The van der Waals surface area contributed by atoms with Crippen LogP contribution in [0, 0.1) is 6.92 Å². The first kappa shape index (κ1) is 24.8. The van der Waals surface area contributed by atoms with Crippen LogP contribution in [0.4, 0.5) is 11.5 Å². The van der Waals surface area contributed by atoms with E-state index in [0.717, 1.165) is 11.3 Å². The number of carboxylic acids is 1. The number of amides is 1. The van der Waals surface area contributed by atoms with E-state index in [1.54, 1.807) is 37.3 Å². The molecule has 34 heavy (non-hydrogen) atoms. The van der Waals surface area contributed by atoms with Crippen molar-refractivity contribution >= 4 is 33.2 Å². The number of hydrogen-bond acceptors (Lipinski definition) is 7. The summed E-state index contributed by atoms with van der Waals surface area (Å²) in [5, 5.41) is 15.0. The highest BCUT2D eigenvalue weighted by atomic mass is 32.2. The van der Waals surface area contributed by atoms with Gasteiger partial charge in [-0.05, 0) is 31.5 Å². The molecule has 178 valence electrons. The minimum atomic E-state index is -3.35. The number of aromatic nitrogens is 2. The Hall–Kier alpha value is -3.79. The van der Waals surface area contributed by atoms with E-state index >= 15 is 0 Å². The smallest absolute Gasteiger partial charge is 0.326 e. The lowest BCUT2D eigenvalue weighted by atomic mass is 10.1. The predicted octanol–water partition coefficient (Wildman–Crippen LogP) is 3.20. The van der Waals surface area contributed by atoms with E-state index in [-0.39, 0.29) is 23.5 Å². The molecule has 0 aliphatic rings. The van der Waals surface area contributed by atoms with Crippen molar-refractivity contribution < 1.29 is 23.1 Å². The predicted molar refractivity (Wildman–Crippen MR) is 130 cm³/mol. The van der Waals surface area contributed by atoms with Gasteiger partial charge >= 0.3 is 5.97 Å². The Morgan fingerprint density at radius 2 is 1.76 bits per heavy atom. The fourth-order valence-corrected chi connectivity index (χ4v) is 4.10. The van der Waals surface area contributed by atoms with Crippen LogP contribution < -0.4 is 10.6 Å². The molecule has 3 N–H and O–H groups in total. The molecule has 1 heterocycles. The molecule has 0 radical (unpaired) electrons. The molecule has 1 aromatic heterocycles. The lowest BCUT2D eigenvalue weighted by Crippen LogP contribution is -2.42. The van der Waals surface area contributed by atoms with Crippen LogP contribution in [0.3, 0.4) is 0 Å². The van der Waals surface area contributed by atoms with E-state index in [1.165, 1.54) is 6.92 Å².